The molecule has 7 heteroatoms. The van der Waals surface area contributed by atoms with Crippen LogP contribution in [0, 0.1) is 0 Å². The number of benzene rings is 1. The summed E-state index contributed by atoms with van der Waals surface area (Å²) >= 11 is 0. The third-order valence-electron chi connectivity index (χ3n) is 5.29. The molecule has 0 spiro atoms. The van der Waals surface area contributed by atoms with Crippen LogP contribution in [-0.4, -0.2) is 52.9 Å². The van der Waals surface area contributed by atoms with Gasteiger partial charge in [-0.05, 0) is 25.5 Å². The molecule has 3 rings (SSSR count). The van der Waals surface area contributed by atoms with Gasteiger partial charge in [-0.3, -0.25) is 14.4 Å². The lowest BCUT2D eigenvalue weighted by Crippen LogP contribution is -2.63. The normalized spacial score (nSPS) is 19.1. The molecule has 0 saturated heterocycles. The Kier molecular flexibility index (Phi) is 5.21. The Labute approximate surface area is 158 Å². The molecule has 2 N–H and O–H groups in total. The van der Waals surface area contributed by atoms with Gasteiger partial charge >= 0.3 is 0 Å². The first kappa shape index (κ1) is 18.9. The maximum Gasteiger partial charge on any atom is 0.271 e. The number of hydrogen-bond acceptors (Lipinski definition) is 3. The van der Waals surface area contributed by atoms with Crippen molar-refractivity contribution in [2.75, 3.05) is 20.1 Å². The van der Waals surface area contributed by atoms with Gasteiger partial charge in [-0.2, -0.15) is 0 Å². The highest BCUT2D eigenvalue weighted by molar-refractivity contribution is 6.03. The summed E-state index contributed by atoms with van der Waals surface area (Å²) in [5.41, 5.74) is 0.418. The minimum atomic E-state index is -1.07. The first-order chi connectivity index (χ1) is 12.9. The van der Waals surface area contributed by atoms with Gasteiger partial charge < -0.3 is 20.1 Å². The van der Waals surface area contributed by atoms with E-state index < -0.39 is 5.54 Å². The number of nitrogens with one attached hydrogen (secondary N) is 2. The van der Waals surface area contributed by atoms with Gasteiger partial charge in [0.1, 0.15) is 11.2 Å². The van der Waals surface area contributed by atoms with Crippen molar-refractivity contribution in [3.8, 4) is 0 Å². The molecule has 0 aliphatic carbocycles. The van der Waals surface area contributed by atoms with Gasteiger partial charge in [0, 0.05) is 24.5 Å². The first-order valence-corrected chi connectivity index (χ1v) is 9.30. The molecule has 0 unspecified atom stereocenters. The summed E-state index contributed by atoms with van der Waals surface area (Å²) in [5.74, 6) is -0.771. The number of unbranched alkanes of at least 4 members (excludes halogenated alkanes) is 1. The molecule has 7 nitrogen and oxygen atoms in total. The summed E-state index contributed by atoms with van der Waals surface area (Å²) in [7, 11) is 1.63. The number of carbonyl (C=O) groups is 3. The van der Waals surface area contributed by atoms with Crippen molar-refractivity contribution in [1.82, 2.24) is 20.1 Å². The molecule has 0 bridgehead atoms. The smallest absolute Gasteiger partial charge is 0.271 e. The monoisotopic (exact) mass is 370 g/mol. The number of nitrogens with zero attached hydrogens (tertiary/aromatic N) is 2. The van der Waals surface area contributed by atoms with E-state index in [0.717, 1.165) is 23.7 Å². The van der Waals surface area contributed by atoms with Gasteiger partial charge in [0.2, 0.25) is 11.8 Å². The quantitative estimate of drug-likeness (QED) is 0.756. The van der Waals surface area contributed by atoms with Crippen LogP contribution in [0.5, 0.6) is 0 Å². The average Bonchev–Trinajstić information content (AvgIpc) is 3.03. The Hall–Kier alpha value is -2.83. The van der Waals surface area contributed by atoms with Crippen molar-refractivity contribution < 1.29 is 14.4 Å². The van der Waals surface area contributed by atoms with Crippen LogP contribution in [0.1, 0.15) is 37.2 Å². The molecule has 2 aromatic rings. The van der Waals surface area contributed by atoms with Crippen molar-refractivity contribution >= 4 is 28.6 Å². The average molecular weight is 370 g/mol. The van der Waals surface area contributed by atoms with Crippen molar-refractivity contribution in [2.24, 2.45) is 0 Å². The van der Waals surface area contributed by atoms with E-state index in [0.29, 0.717) is 18.8 Å². The zero-order valence-electron chi connectivity index (χ0n) is 16.0. The van der Waals surface area contributed by atoms with Crippen LogP contribution in [-0.2, 0) is 16.1 Å². The van der Waals surface area contributed by atoms with Crippen molar-refractivity contribution in [1.29, 1.82) is 0 Å². The summed E-state index contributed by atoms with van der Waals surface area (Å²) in [6.45, 7) is 4.61. The number of amides is 3. The SMILES string of the molecule is CCCCNC(=O)CNC(=O)[C@]1(C)Cn2c(cc3ccccc32)C(=O)N1C. The number of likely N-dealkylation sites (N-methyl/N-ethyl adjacent to an activating group) is 1. The minimum absolute atomic E-state index is 0.0978. The largest absolute Gasteiger partial charge is 0.355 e. The fraction of sp³-hybridized carbons (Fsp3) is 0.450. The molecule has 1 aromatic heterocycles. The van der Waals surface area contributed by atoms with Crippen LogP contribution in [0.15, 0.2) is 30.3 Å². The molecule has 0 radical (unpaired) electrons. The number of hydrogen-bond donors (Lipinski definition) is 2. The molecule has 0 fully saturated rings. The fourth-order valence-corrected chi connectivity index (χ4v) is 3.41. The second-order valence-electron chi connectivity index (χ2n) is 7.20. The summed E-state index contributed by atoms with van der Waals surface area (Å²) in [6, 6.07) is 9.58. The Balaban J connectivity index is 1.78. The number of para-hydroxylation sites is 1. The van der Waals surface area contributed by atoms with Gasteiger partial charge in [0.05, 0.1) is 13.1 Å². The molecule has 1 atom stereocenters. The highest BCUT2D eigenvalue weighted by Gasteiger charge is 2.45. The molecule has 2 heterocycles. The lowest BCUT2D eigenvalue weighted by Gasteiger charge is -2.41. The van der Waals surface area contributed by atoms with Crippen LogP contribution in [0.3, 0.4) is 0 Å². The summed E-state index contributed by atoms with van der Waals surface area (Å²) in [5, 5.41) is 6.42. The fourth-order valence-electron chi connectivity index (χ4n) is 3.41. The predicted octanol–water partition coefficient (Wildman–Crippen LogP) is 1.52. The summed E-state index contributed by atoms with van der Waals surface area (Å²) in [6.07, 6.45) is 1.89. The van der Waals surface area contributed by atoms with Gasteiger partial charge in [0.15, 0.2) is 0 Å². The second-order valence-corrected chi connectivity index (χ2v) is 7.20. The van der Waals surface area contributed by atoms with Crippen LogP contribution < -0.4 is 10.6 Å². The maximum absolute atomic E-state index is 12.9. The van der Waals surface area contributed by atoms with Crippen molar-refractivity contribution in [3.05, 3.63) is 36.0 Å². The third-order valence-corrected chi connectivity index (χ3v) is 5.29. The maximum atomic E-state index is 12.9. The van der Waals surface area contributed by atoms with E-state index in [1.54, 1.807) is 14.0 Å². The van der Waals surface area contributed by atoms with Gasteiger partial charge in [0.25, 0.3) is 5.91 Å². The molecule has 0 saturated carbocycles. The second kappa shape index (κ2) is 7.42. The Morgan fingerprint density at radius 2 is 1.96 bits per heavy atom. The van der Waals surface area contributed by atoms with E-state index in [2.05, 4.69) is 10.6 Å². The van der Waals surface area contributed by atoms with Gasteiger partial charge in [-0.1, -0.05) is 31.5 Å². The van der Waals surface area contributed by atoms with Crippen LogP contribution in [0.25, 0.3) is 10.9 Å². The van der Waals surface area contributed by atoms with E-state index >= 15 is 0 Å². The zero-order chi connectivity index (χ0) is 19.6. The Morgan fingerprint density at radius 3 is 2.70 bits per heavy atom. The van der Waals surface area contributed by atoms with E-state index in [-0.39, 0.29) is 24.3 Å². The van der Waals surface area contributed by atoms with Crippen molar-refractivity contribution in [2.45, 2.75) is 38.8 Å². The Bertz CT molecular complexity index is 888. The van der Waals surface area contributed by atoms with E-state index in [1.165, 1.54) is 4.90 Å². The molecular weight excluding hydrogens is 344 g/mol. The molecule has 27 heavy (non-hydrogen) atoms. The number of aromatic nitrogens is 1. The van der Waals surface area contributed by atoms with E-state index in [9.17, 15) is 14.4 Å². The number of carbonyl (C=O) groups excluding carboxylic acids is 3. The van der Waals surface area contributed by atoms with Crippen LogP contribution >= 0.6 is 0 Å². The Morgan fingerprint density at radius 1 is 1.22 bits per heavy atom. The van der Waals surface area contributed by atoms with Gasteiger partial charge in [-0.15, -0.1) is 0 Å². The molecule has 3 amide bonds. The zero-order valence-corrected chi connectivity index (χ0v) is 16.0. The third kappa shape index (κ3) is 3.41. The molecule has 1 aliphatic rings. The lowest BCUT2D eigenvalue weighted by molar-refractivity contribution is -0.134. The highest BCUT2D eigenvalue weighted by Crippen LogP contribution is 2.31. The molecule has 144 valence electrons. The highest BCUT2D eigenvalue weighted by atomic mass is 16.2. The van der Waals surface area contributed by atoms with Gasteiger partial charge in [-0.25, -0.2) is 0 Å². The molecule has 1 aromatic carbocycles. The topological polar surface area (TPSA) is 83.4 Å². The molecular formula is C20H26N4O3. The number of fused-ring (bicyclic) bond motifs is 3. The van der Waals surface area contributed by atoms with E-state index in [1.807, 2.05) is 41.8 Å². The lowest BCUT2D eigenvalue weighted by atomic mass is 9.95. The number of rotatable bonds is 6. The van der Waals surface area contributed by atoms with E-state index in [4.69, 9.17) is 0 Å². The molecule has 1 aliphatic heterocycles. The first-order valence-electron chi connectivity index (χ1n) is 9.30. The van der Waals surface area contributed by atoms with Crippen LogP contribution in [0.4, 0.5) is 0 Å². The minimum Gasteiger partial charge on any atom is -0.355 e. The predicted molar refractivity (Wildman–Crippen MR) is 103 cm³/mol. The van der Waals surface area contributed by atoms with Crippen LogP contribution in [0.2, 0.25) is 0 Å². The standard InChI is InChI=1S/C20H26N4O3/c1-4-5-10-21-17(25)12-22-19(27)20(2)13-24-15-9-7-6-8-14(15)11-16(24)18(26)23(20)3/h6-9,11H,4-5,10,12-13H2,1-3H3,(H,21,25)(H,22,27)/t20-/m0/s1. The summed E-state index contributed by atoms with van der Waals surface area (Å²) < 4.78 is 1.89. The van der Waals surface area contributed by atoms with Crippen molar-refractivity contribution in [3.63, 3.8) is 0 Å². The summed E-state index contributed by atoms with van der Waals surface area (Å²) in [4.78, 5) is 39.1.